The Balaban J connectivity index is 2.11. The fraction of sp³-hybridized carbons (Fsp3) is 0.0625. The minimum absolute atomic E-state index is 0.339. The molecule has 3 aromatic rings. The van der Waals surface area contributed by atoms with Gasteiger partial charge in [-0.3, -0.25) is 4.98 Å². The van der Waals surface area contributed by atoms with Gasteiger partial charge in [-0.2, -0.15) is 0 Å². The normalized spacial score (nSPS) is 10.8. The van der Waals surface area contributed by atoms with Gasteiger partial charge in [0.25, 0.3) is 0 Å². The maximum atomic E-state index is 6.18. The molecular weight excluding hydrogens is 329 g/mol. The van der Waals surface area contributed by atoms with Crippen molar-refractivity contribution in [2.75, 3.05) is 0 Å². The first-order chi connectivity index (χ1) is 10.2. The zero-order valence-corrected chi connectivity index (χ0v) is 13.1. The van der Waals surface area contributed by atoms with Crippen molar-refractivity contribution in [2.45, 2.75) is 5.88 Å². The Labute approximate surface area is 137 Å². The van der Waals surface area contributed by atoms with Crippen LogP contribution in [0.1, 0.15) is 5.56 Å². The van der Waals surface area contributed by atoms with Gasteiger partial charge in [0, 0.05) is 22.2 Å². The highest BCUT2D eigenvalue weighted by Gasteiger charge is 2.10. The lowest BCUT2D eigenvalue weighted by Crippen LogP contribution is -1.92. The van der Waals surface area contributed by atoms with E-state index in [9.17, 15) is 0 Å². The first-order valence-corrected chi connectivity index (χ1v) is 7.53. The van der Waals surface area contributed by atoms with Gasteiger partial charge in [0.1, 0.15) is 11.3 Å². The summed E-state index contributed by atoms with van der Waals surface area (Å²) in [4.78, 5) is 4.34. The maximum Gasteiger partial charge on any atom is 0.153 e. The molecule has 0 fully saturated rings. The fourth-order valence-electron chi connectivity index (χ4n) is 2.05. The summed E-state index contributed by atoms with van der Waals surface area (Å²) in [6.07, 6.45) is 1.70. The molecule has 106 valence electrons. The quantitative estimate of drug-likeness (QED) is 0.540. The molecule has 2 aromatic carbocycles. The molecule has 1 aromatic heterocycles. The van der Waals surface area contributed by atoms with E-state index in [2.05, 4.69) is 4.98 Å². The Bertz CT molecular complexity index is 805. The van der Waals surface area contributed by atoms with Crippen molar-refractivity contribution in [3.63, 3.8) is 0 Å². The molecule has 0 radical (unpaired) electrons. The summed E-state index contributed by atoms with van der Waals surface area (Å²) < 4.78 is 5.96. The molecule has 0 bridgehead atoms. The van der Waals surface area contributed by atoms with Gasteiger partial charge in [0.2, 0.25) is 0 Å². The van der Waals surface area contributed by atoms with Crippen molar-refractivity contribution in [3.8, 4) is 11.5 Å². The standard InChI is InChI=1S/C16H10Cl3NO/c17-9-10-3-4-11(18)8-15(10)21-14-6-5-13(19)12-2-1-7-20-16(12)14/h1-8H,9H2. The van der Waals surface area contributed by atoms with E-state index < -0.39 is 0 Å². The average Bonchev–Trinajstić information content (AvgIpc) is 2.51. The van der Waals surface area contributed by atoms with Crippen LogP contribution in [0.2, 0.25) is 10.0 Å². The molecule has 0 unspecified atom stereocenters. The van der Waals surface area contributed by atoms with E-state index in [1.165, 1.54) is 0 Å². The third-order valence-corrected chi connectivity index (χ3v) is 3.93. The van der Waals surface area contributed by atoms with Crippen LogP contribution >= 0.6 is 34.8 Å². The van der Waals surface area contributed by atoms with Gasteiger partial charge in [-0.1, -0.05) is 29.3 Å². The molecule has 0 saturated heterocycles. The van der Waals surface area contributed by atoms with E-state index in [1.807, 2.05) is 18.2 Å². The van der Waals surface area contributed by atoms with Gasteiger partial charge in [-0.05, 0) is 36.4 Å². The summed E-state index contributed by atoms with van der Waals surface area (Å²) in [7, 11) is 0. The van der Waals surface area contributed by atoms with E-state index >= 15 is 0 Å². The van der Waals surface area contributed by atoms with Crippen LogP contribution in [0.25, 0.3) is 10.9 Å². The topological polar surface area (TPSA) is 22.1 Å². The van der Waals surface area contributed by atoms with Crippen LogP contribution in [-0.2, 0) is 5.88 Å². The van der Waals surface area contributed by atoms with Crippen LogP contribution in [0.15, 0.2) is 48.7 Å². The number of rotatable bonds is 3. The molecule has 0 spiro atoms. The van der Waals surface area contributed by atoms with Gasteiger partial charge in [-0.15, -0.1) is 11.6 Å². The minimum Gasteiger partial charge on any atom is -0.455 e. The van der Waals surface area contributed by atoms with Gasteiger partial charge in [0.15, 0.2) is 5.75 Å². The second kappa shape index (κ2) is 6.10. The van der Waals surface area contributed by atoms with Gasteiger partial charge in [-0.25, -0.2) is 0 Å². The van der Waals surface area contributed by atoms with Crippen molar-refractivity contribution >= 4 is 45.7 Å². The molecule has 5 heteroatoms. The number of pyridine rings is 1. The summed E-state index contributed by atoms with van der Waals surface area (Å²) in [5, 5.41) is 2.06. The van der Waals surface area contributed by atoms with Crippen LogP contribution in [0.3, 0.4) is 0 Å². The molecule has 0 aliphatic heterocycles. The van der Waals surface area contributed by atoms with Crippen molar-refractivity contribution < 1.29 is 4.74 Å². The van der Waals surface area contributed by atoms with E-state index in [-0.39, 0.29) is 0 Å². The van der Waals surface area contributed by atoms with Crippen LogP contribution in [0.5, 0.6) is 11.5 Å². The average molecular weight is 339 g/mol. The predicted octanol–water partition coefficient (Wildman–Crippen LogP) is 6.07. The summed E-state index contributed by atoms with van der Waals surface area (Å²) in [5.41, 5.74) is 1.56. The number of benzene rings is 2. The Morgan fingerprint density at radius 1 is 1.00 bits per heavy atom. The smallest absolute Gasteiger partial charge is 0.153 e. The Hall–Kier alpha value is -1.48. The van der Waals surface area contributed by atoms with Crippen LogP contribution in [0, 0.1) is 0 Å². The number of nitrogens with zero attached hydrogens (tertiary/aromatic N) is 1. The third-order valence-electron chi connectivity index (χ3n) is 3.07. The predicted molar refractivity (Wildman–Crippen MR) is 87.8 cm³/mol. The number of alkyl halides is 1. The van der Waals surface area contributed by atoms with E-state index in [0.717, 1.165) is 10.9 Å². The molecule has 0 aliphatic carbocycles. The van der Waals surface area contributed by atoms with E-state index in [4.69, 9.17) is 39.5 Å². The number of fused-ring (bicyclic) bond motifs is 1. The monoisotopic (exact) mass is 337 g/mol. The Morgan fingerprint density at radius 3 is 2.67 bits per heavy atom. The molecule has 2 nitrogen and oxygen atoms in total. The maximum absolute atomic E-state index is 6.18. The molecular formula is C16H10Cl3NO. The highest BCUT2D eigenvalue weighted by Crippen LogP contribution is 2.35. The SMILES string of the molecule is ClCc1ccc(Cl)cc1Oc1ccc(Cl)c2cccnc12. The summed E-state index contributed by atoms with van der Waals surface area (Å²) in [6, 6.07) is 12.7. The first-order valence-electron chi connectivity index (χ1n) is 6.24. The highest BCUT2D eigenvalue weighted by molar-refractivity contribution is 6.35. The van der Waals surface area contributed by atoms with Crippen LogP contribution in [-0.4, -0.2) is 4.98 Å². The molecule has 21 heavy (non-hydrogen) atoms. The summed E-state index contributed by atoms with van der Waals surface area (Å²) in [6.45, 7) is 0. The van der Waals surface area contributed by atoms with Crippen molar-refractivity contribution in [1.29, 1.82) is 0 Å². The highest BCUT2D eigenvalue weighted by atomic mass is 35.5. The fourth-order valence-corrected chi connectivity index (χ4v) is 2.64. The number of hydrogen-bond donors (Lipinski definition) is 0. The molecule has 0 aliphatic rings. The molecule has 1 heterocycles. The third kappa shape index (κ3) is 2.93. The van der Waals surface area contributed by atoms with Crippen LogP contribution < -0.4 is 4.74 Å². The number of hydrogen-bond acceptors (Lipinski definition) is 2. The molecule has 0 amide bonds. The largest absolute Gasteiger partial charge is 0.455 e. The van der Waals surface area contributed by atoms with Crippen molar-refractivity contribution in [2.24, 2.45) is 0 Å². The van der Waals surface area contributed by atoms with Crippen LogP contribution in [0.4, 0.5) is 0 Å². The Morgan fingerprint density at radius 2 is 1.86 bits per heavy atom. The van der Waals surface area contributed by atoms with Crippen molar-refractivity contribution in [3.05, 3.63) is 64.3 Å². The number of halogens is 3. The lowest BCUT2D eigenvalue weighted by atomic mass is 10.2. The lowest BCUT2D eigenvalue weighted by molar-refractivity contribution is 0.483. The summed E-state index contributed by atoms with van der Waals surface area (Å²) in [5.74, 6) is 1.57. The Kier molecular flexibility index (Phi) is 4.20. The lowest BCUT2D eigenvalue weighted by Gasteiger charge is -2.12. The van der Waals surface area contributed by atoms with E-state index in [0.29, 0.717) is 32.9 Å². The molecule has 0 N–H and O–H groups in total. The number of ether oxygens (including phenoxy) is 1. The minimum atomic E-state index is 0.339. The summed E-state index contributed by atoms with van der Waals surface area (Å²) >= 11 is 18.1. The first kappa shape index (κ1) is 14.5. The second-order valence-corrected chi connectivity index (χ2v) is 5.54. The zero-order valence-electron chi connectivity index (χ0n) is 10.8. The van der Waals surface area contributed by atoms with E-state index in [1.54, 1.807) is 30.5 Å². The molecule has 3 rings (SSSR count). The van der Waals surface area contributed by atoms with Gasteiger partial charge >= 0.3 is 0 Å². The van der Waals surface area contributed by atoms with Gasteiger partial charge < -0.3 is 4.74 Å². The second-order valence-electron chi connectivity index (χ2n) is 4.43. The molecule has 0 atom stereocenters. The zero-order chi connectivity index (χ0) is 14.8. The van der Waals surface area contributed by atoms with Gasteiger partial charge in [0.05, 0.1) is 10.9 Å². The molecule has 0 saturated carbocycles. The van der Waals surface area contributed by atoms with Crippen molar-refractivity contribution in [1.82, 2.24) is 4.98 Å². The number of aromatic nitrogens is 1.